The van der Waals surface area contributed by atoms with E-state index in [0.29, 0.717) is 24.3 Å². The summed E-state index contributed by atoms with van der Waals surface area (Å²) >= 11 is 0. The molecule has 1 aliphatic heterocycles. The van der Waals surface area contributed by atoms with E-state index in [2.05, 4.69) is 4.74 Å². The van der Waals surface area contributed by atoms with Gasteiger partial charge in [-0.3, -0.25) is 0 Å². The van der Waals surface area contributed by atoms with Crippen LogP contribution in [-0.4, -0.2) is 40.3 Å². The van der Waals surface area contributed by atoms with E-state index in [-0.39, 0.29) is 6.54 Å². The van der Waals surface area contributed by atoms with Gasteiger partial charge in [-0.15, -0.1) is 0 Å². The minimum atomic E-state index is -0.969. The van der Waals surface area contributed by atoms with Gasteiger partial charge >= 0.3 is 12.1 Å². The first-order valence-electron chi connectivity index (χ1n) is 4.87. The summed E-state index contributed by atoms with van der Waals surface area (Å²) in [5.41, 5.74) is 1.13. The van der Waals surface area contributed by atoms with E-state index >= 15 is 0 Å². The summed E-state index contributed by atoms with van der Waals surface area (Å²) in [6, 6.07) is 1.66. The number of ether oxygens (including phenoxy) is 1. The molecular weight excluding hydrogens is 212 g/mol. The number of amides is 1. The zero-order valence-corrected chi connectivity index (χ0v) is 8.84. The van der Waals surface area contributed by atoms with Crippen LogP contribution in [0.2, 0.25) is 0 Å². The van der Waals surface area contributed by atoms with Crippen molar-refractivity contribution in [3.8, 4) is 0 Å². The second kappa shape index (κ2) is 3.88. The molecule has 0 unspecified atom stereocenters. The second-order valence-electron chi connectivity index (χ2n) is 3.57. The number of carbonyl (C=O) groups is 2. The molecule has 1 N–H and O–H groups in total. The molecular formula is C10H12N2O4. The number of hydrogen-bond acceptors (Lipinski definition) is 3. The molecule has 0 atom stereocenters. The van der Waals surface area contributed by atoms with Crippen LogP contribution in [0.1, 0.15) is 16.1 Å². The summed E-state index contributed by atoms with van der Waals surface area (Å²) in [7, 11) is 1.31. The molecule has 2 rings (SSSR count). The van der Waals surface area contributed by atoms with Gasteiger partial charge in [0.1, 0.15) is 0 Å². The highest BCUT2D eigenvalue weighted by atomic mass is 16.5. The van der Waals surface area contributed by atoms with Gasteiger partial charge in [-0.25, -0.2) is 9.59 Å². The molecule has 6 heteroatoms. The predicted molar refractivity (Wildman–Crippen MR) is 54.2 cm³/mol. The number of carbonyl (C=O) groups excluding carboxylic acids is 1. The first-order valence-corrected chi connectivity index (χ1v) is 4.87. The van der Waals surface area contributed by atoms with Gasteiger partial charge in [-0.1, -0.05) is 0 Å². The normalized spacial score (nSPS) is 14.4. The Labute approximate surface area is 92.0 Å². The van der Waals surface area contributed by atoms with Crippen molar-refractivity contribution >= 4 is 12.1 Å². The fourth-order valence-electron chi connectivity index (χ4n) is 1.84. The summed E-state index contributed by atoms with van der Waals surface area (Å²) in [5.74, 6) is -0.430. The van der Waals surface area contributed by atoms with E-state index < -0.39 is 12.1 Å². The van der Waals surface area contributed by atoms with Crippen molar-refractivity contribution in [1.82, 2.24) is 9.47 Å². The lowest BCUT2D eigenvalue weighted by molar-refractivity contribution is 0.0595. The van der Waals surface area contributed by atoms with E-state index in [1.807, 2.05) is 4.57 Å². The quantitative estimate of drug-likeness (QED) is 0.715. The Balaban J connectivity index is 2.31. The number of rotatable bonds is 1. The molecule has 0 radical (unpaired) electrons. The van der Waals surface area contributed by atoms with Crippen LogP contribution in [-0.2, 0) is 17.8 Å². The SMILES string of the molecule is COC(=O)c1ccn2c1CN(C(=O)O)CC2. The Kier molecular flexibility index (Phi) is 2.55. The van der Waals surface area contributed by atoms with Crippen LogP contribution in [0.25, 0.3) is 0 Å². The minimum absolute atomic E-state index is 0.229. The van der Waals surface area contributed by atoms with Gasteiger partial charge in [-0.05, 0) is 6.07 Å². The van der Waals surface area contributed by atoms with Gasteiger partial charge in [0, 0.05) is 19.3 Å². The Morgan fingerprint density at radius 2 is 2.19 bits per heavy atom. The third-order valence-corrected chi connectivity index (χ3v) is 2.71. The summed E-state index contributed by atoms with van der Waals surface area (Å²) in [6.45, 7) is 1.24. The average Bonchev–Trinajstić information content (AvgIpc) is 2.70. The highest BCUT2D eigenvalue weighted by Gasteiger charge is 2.25. The zero-order chi connectivity index (χ0) is 11.7. The van der Waals surface area contributed by atoms with Crippen LogP contribution >= 0.6 is 0 Å². The molecule has 1 aromatic heterocycles. The lowest BCUT2D eigenvalue weighted by Gasteiger charge is -2.26. The van der Waals surface area contributed by atoms with E-state index in [4.69, 9.17) is 5.11 Å². The molecule has 1 aromatic rings. The first kappa shape index (κ1) is 10.5. The van der Waals surface area contributed by atoms with Gasteiger partial charge in [0.25, 0.3) is 0 Å². The molecule has 0 bridgehead atoms. The number of carboxylic acid groups (broad SMARTS) is 1. The number of nitrogens with zero attached hydrogens (tertiary/aromatic N) is 2. The molecule has 0 saturated heterocycles. The Hall–Kier alpha value is -1.98. The van der Waals surface area contributed by atoms with Crippen molar-refractivity contribution in [3.05, 3.63) is 23.5 Å². The minimum Gasteiger partial charge on any atom is -0.465 e. The molecule has 0 saturated carbocycles. The number of hydrogen-bond donors (Lipinski definition) is 1. The third-order valence-electron chi connectivity index (χ3n) is 2.71. The summed E-state index contributed by atoms with van der Waals surface area (Å²) in [5, 5.41) is 8.89. The second-order valence-corrected chi connectivity index (χ2v) is 3.57. The van der Waals surface area contributed by atoms with E-state index in [1.165, 1.54) is 12.0 Å². The maximum absolute atomic E-state index is 11.4. The number of esters is 1. The van der Waals surface area contributed by atoms with Gasteiger partial charge in [0.05, 0.1) is 24.9 Å². The van der Waals surface area contributed by atoms with Gasteiger partial charge < -0.3 is 19.3 Å². The maximum atomic E-state index is 11.4. The van der Waals surface area contributed by atoms with E-state index in [0.717, 1.165) is 0 Å². The van der Waals surface area contributed by atoms with Crippen molar-refractivity contribution in [3.63, 3.8) is 0 Å². The van der Waals surface area contributed by atoms with Crippen LogP contribution in [0.4, 0.5) is 4.79 Å². The van der Waals surface area contributed by atoms with Crippen molar-refractivity contribution in [2.24, 2.45) is 0 Å². The molecule has 2 heterocycles. The lowest BCUT2D eigenvalue weighted by Crippen LogP contribution is -2.37. The lowest BCUT2D eigenvalue weighted by atomic mass is 10.2. The van der Waals surface area contributed by atoms with Gasteiger partial charge in [0.15, 0.2) is 0 Å². The third kappa shape index (κ3) is 1.62. The van der Waals surface area contributed by atoms with E-state index in [1.54, 1.807) is 12.3 Å². The Morgan fingerprint density at radius 1 is 1.44 bits per heavy atom. The molecule has 16 heavy (non-hydrogen) atoms. The summed E-state index contributed by atoms with van der Waals surface area (Å²) in [4.78, 5) is 23.5. The predicted octanol–water partition coefficient (Wildman–Crippen LogP) is 0.768. The maximum Gasteiger partial charge on any atom is 0.407 e. The molecule has 86 valence electrons. The molecule has 0 spiro atoms. The molecule has 6 nitrogen and oxygen atoms in total. The largest absolute Gasteiger partial charge is 0.465 e. The topological polar surface area (TPSA) is 71.8 Å². The van der Waals surface area contributed by atoms with Gasteiger partial charge in [0.2, 0.25) is 0 Å². The standard InChI is InChI=1S/C10H12N2O4/c1-16-9(13)7-2-3-11-4-5-12(10(14)15)6-8(7)11/h2-3H,4-6H2,1H3,(H,14,15). The van der Waals surface area contributed by atoms with Gasteiger partial charge in [-0.2, -0.15) is 0 Å². The number of methoxy groups -OCH3 is 1. The van der Waals surface area contributed by atoms with Crippen LogP contribution in [0.15, 0.2) is 12.3 Å². The molecule has 1 aliphatic rings. The van der Waals surface area contributed by atoms with Crippen molar-refractivity contribution in [2.75, 3.05) is 13.7 Å². The Bertz CT molecular complexity index is 438. The van der Waals surface area contributed by atoms with Crippen LogP contribution < -0.4 is 0 Å². The molecule has 0 aliphatic carbocycles. The van der Waals surface area contributed by atoms with Crippen LogP contribution in [0, 0.1) is 0 Å². The fourth-order valence-corrected chi connectivity index (χ4v) is 1.84. The van der Waals surface area contributed by atoms with Crippen LogP contribution in [0.5, 0.6) is 0 Å². The van der Waals surface area contributed by atoms with Crippen molar-refractivity contribution < 1.29 is 19.4 Å². The number of aromatic nitrogens is 1. The van der Waals surface area contributed by atoms with Crippen LogP contribution in [0.3, 0.4) is 0 Å². The first-order chi connectivity index (χ1) is 7.63. The van der Waals surface area contributed by atoms with Crippen molar-refractivity contribution in [1.29, 1.82) is 0 Å². The molecule has 0 fully saturated rings. The summed E-state index contributed by atoms with van der Waals surface area (Å²) < 4.78 is 6.52. The molecule has 1 amide bonds. The molecule has 0 aromatic carbocycles. The monoisotopic (exact) mass is 224 g/mol. The highest BCUT2D eigenvalue weighted by Crippen LogP contribution is 2.19. The Morgan fingerprint density at radius 3 is 2.81 bits per heavy atom. The summed E-state index contributed by atoms with van der Waals surface area (Å²) in [6.07, 6.45) is 0.809. The van der Waals surface area contributed by atoms with Crippen molar-refractivity contribution in [2.45, 2.75) is 13.1 Å². The fraction of sp³-hybridized carbons (Fsp3) is 0.400. The highest BCUT2D eigenvalue weighted by molar-refractivity contribution is 5.90. The van der Waals surface area contributed by atoms with E-state index in [9.17, 15) is 9.59 Å². The smallest absolute Gasteiger partial charge is 0.407 e. The number of fused-ring (bicyclic) bond motifs is 1. The zero-order valence-electron chi connectivity index (χ0n) is 8.84. The average molecular weight is 224 g/mol.